The summed E-state index contributed by atoms with van der Waals surface area (Å²) in [6, 6.07) is 0. The Hall–Kier alpha value is -1.15. The van der Waals surface area contributed by atoms with Crippen molar-refractivity contribution >= 4 is 22.1 Å². The van der Waals surface area contributed by atoms with Gasteiger partial charge in [-0.05, 0) is 25.7 Å². The maximum atomic E-state index is 11.8. The van der Waals surface area contributed by atoms with Crippen LogP contribution in [0, 0.1) is 5.92 Å². The molecule has 0 spiro atoms. The summed E-state index contributed by atoms with van der Waals surface area (Å²) < 4.78 is 42.3. The van der Waals surface area contributed by atoms with E-state index < -0.39 is 39.3 Å². The van der Waals surface area contributed by atoms with Crippen molar-refractivity contribution < 1.29 is 32.0 Å². The molecule has 2 rings (SSSR count). The van der Waals surface area contributed by atoms with Crippen LogP contribution in [0.4, 0.5) is 0 Å². The lowest BCUT2D eigenvalue weighted by atomic mass is 9.89. The second-order valence-electron chi connectivity index (χ2n) is 4.85. The Labute approximate surface area is 111 Å². The first-order chi connectivity index (χ1) is 8.88. The van der Waals surface area contributed by atoms with E-state index in [4.69, 9.17) is 4.74 Å². The first kappa shape index (κ1) is 14.3. The third kappa shape index (κ3) is 3.44. The molecule has 0 amide bonds. The van der Waals surface area contributed by atoms with Crippen molar-refractivity contribution in [2.45, 2.75) is 43.5 Å². The lowest BCUT2D eigenvalue weighted by Gasteiger charge is -2.29. The minimum atomic E-state index is -4.28. The molecule has 0 bridgehead atoms. The molecule has 19 heavy (non-hydrogen) atoms. The van der Waals surface area contributed by atoms with Gasteiger partial charge in [-0.25, -0.2) is 13.2 Å². The largest absolute Gasteiger partial charge is 0.748 e. The zero-order valence-corrected chi connectivity index (χ0v) is 11.1. The predicted octanol–water partition coefficient (Wildman–Crippen LogP) is -0.0509. The summed E-state index contributed by atoms with van der Waals surface area (Å²) in [5, 5.41) is -0.909. The molecular weight excluding hydrogens is 276 g/mol. The van der Waals surface area contributed by atoms with E-state index in [1.807, 2.05) is 0 Å². The number of carbonyl (C=O) groups is 2. The predicted molar refractivity (Wildman–Crippen MR) is 60.9 cm³/mol. The first-order valence-corrected chi connectivity index (χ1v) is 7.67. The van der Waals surface area contributed by atoms with Crippen molar-refractivity contribution in [1.29, 1.82) is 0 Å². The minimum Gasteiger partial charge on any atom is -0.748 e. The first-order valence-electron chi connectivity index (χ1n) is 6.20. The summed E-state index contributed by atoms with van der Waals surface area (Å²) >= 11 is 0. The van der Waals surface area contributed by atoms with Gasteiger partial charge in [0.15, 0.2) is 0 Å². The van der Waals surface area contributed by atoms with Gasteiger partial charge in [-0.15, -0.1) is 0 Å². The maximum Gasteiger partial charge on any atom is 0.347 e. The van der Waals surface area contributed by atoms with Gasteiger partial charge in [-0.3, -0.25) is 4.79 Å². The molecule has 7 nitrogen and oxygen atoms in total. The second-order valence-corrected chi connectivity index (χ2v) is 6.50. The van der Waals surface area contributed by atoms with E-state index in [9.17, 15) is 22.6 Å². The zero-order valence-electron chi connectivity index (χ0n) is 10.2. The summed E-state index contributed by atoms with van der Waals surface area (Å²) in [5.74, 6) is -1.49. The van der Waals surface area contributed by atoms with Gasteiger partial charge in [0.2, 0.25) is 6.10 Å². The van der Waals surface area contributed by atoms with Gasteiger partial charge >= 0.3 is 11.9 Å². The molecule has 8 heteroatoms. The molecule has 1 saturated heterocycles. The van der Waals surface area contributed by atoms with Gasteiger partial charge in [-0.1, -0.05) is 0 Å². The van der Waals surface area contributed by atoms with Crippen molar-refractivity contribution in [2.24, 2.45) is 5.92 Å². The van der Waals surface area contributed by atoms with E-state index in [0.29, 0.717) is 19.3 Å². The normalized spacial score (nSPS) is 31.8. The maximum absolute atomic E-state index is 11.8. The van der Waals surface area contributed by atoms with Crippen LogP contribution >= 0.6 is 0 Å². The Morgan fingerprint density at radius 3 is 2.32 bits per heavy atom. The fourth-order valence-electron chi connectivity index (χ4n) is 2.41. The molecule has 1 saturated carbocycles. The smallest absolute Gasteiger partial charge is 0.347 e. The number of esters is 2. The van der Waals surface area contributed by atoms with E-state index in [2.05, 4.69) is 4.74 Å². The topological polar surface area (TPSA) is 110 Å². The summed E-state index contributed by atoms with van der Waals surface area (Å²) in [4.78, 5) is 23.0. The van der Waals surface area contributed by atoms with Gasteiger partial charge in [0.1, 0.15) is 0 Å². The van der Waals surface area contributed by atoms with Gasteiger partial charge < -0.3 is 14.0 Å². The average Bonchev–Trinajstić information content (AvgIpc) is 2.74. The fourth-order valence-corrected chi connectivity index (χ4v) is 3.26. The zero-order chi connectivity index (χ0) is 14.0. The molecule has 0 radical (unpaired) electrons. The third-order valence-corrected chi connectivity index (χ3v) is 4.85. The molecule has 1 atom stereocenters. The summed E-state index contributed by atoms with van der Waals surface area (Å²) in [7, 11) is -4.28. The molecular formula is C11H15O7S-. The van der Waals surface area contributed by atoms with Crippen LogP contribution in [-0.2, 0) is 29.2 Å². The highest BCUT2D eigenvalue weighted by Crippen LogP contribution is 2.29. The number of carbonyl (C=O) groups excluding carboxylic acids is 2. The Kier molecular flexibility index (Phi) is 4.10. The molecule has 108 valence electrons. The molecule has 2 aliphatic rings. The molecule has 0 N–H and O–H groups in total. The Bertz CT molecular complexity index is 461. The lowest BCUT2D eigenvalue weighted by molar-refractivity contribution is -0.164. The van der Waals surface area contributed by atoms with E-state index in [1.165, 1.54) is 0 Å². The Balaban J connectivity index is 1.84. The lowest BCUT2D eigenvalue weighted by Crippen LogP contribution is -2.33. The Morgan fingerprint density at radius 1 is 1.21 bits per heavy atom. The number of rotatable bonds is 3. The monoisotopic (exact) mass is 291 g/mol. The van der Waals surface area contributed by atoms with E-state index >= 15 is 0 Å². The third-order valence-electron chi connectivity index (χ3n) is 3.56. The summed E-state index contributed by atoms with van der Waals surface area (Å²) in [5.41, 5.74) is 0. The molecule has 0 aromatic carbocycles. The SMILES string of the molecule is O=C(OC1CCOC1=O)C1CCC(S(=O)(=O)[O-])CC1. The highest BCUT2D eigenvalue weighted by Gasteiger charge is 2.35. The van der Waals surface area contributed by atoms with Crippen molar-refractivity contribution in [1.82, 2.24) is 0 Å². The number of ether oxygens (including phenoxy) is 2. The fraction of sp³-hybridized carbons (Fsp3) is 0.818. The van der Waals surface area contributed by atoms with E-state index in [1.54, 1.807) is 0 Å². The standard InChI is InChI=1S/C11H16O7S/c12-10(18-9-5-6-17-11(9)13)7-1-3-8(4-2-7)19(14,15)16/h7-9H,1-6H2,(H,14,15,16)/p-1. The summed E-state index contributed by atoms with van der Waals surface area (Å²) in [6.45, 7) is 0.248. The quantitative estimate of drug-likeness (QED) is 0.529. The molecule has 0 aromatic rings. The van der Waals surface area contributed by atoms with Crippen LogP contribution in [0.2, 0.25) is 0 Å². The Morgan fingerprint density at radius 2 is 1.84 bits per heavy atom. The van der Waals surface area contributed by atoms with Crippen molar-refractivity contribution in [2.75, 3.05) is 6.61 Å². The van der Waals surface area contributed by atoms with Crippen LogP contribution < -0.4 is 0 Å². The molecule has 0 aromatic heterocycles. The van der Waals surface area contributed by atoms with Gasteiger partial charge in [-0.2, -0.15) is 0 Å². The van der Waals surface area contributed by atoms with Crippen LogP contribution in [0.15, 0.2) is 0 Å². The number of hydrogen-bond acceptors (Lipinski definition) is 7. The van der Waals surface area contributed by atoms with Crippen LogP contribution in [0.3, 0.4) is 0 Å². The van der Waals surface area contributed by atoms with Crippen LogP contribution in [0.5, 0.6) is 0 Å². The highest BCUT2D eigenvalue weighted by atomic mass is 32.2. The number of cyclic esters (lactones) is 1. The van der Waals surface area contributed by atoms with Crippen LogP contribution in [-0.4, -0.2) is 42.9 Å². The van der Waals surface area contributed by atoms with Crippen LogP contribution in [0.25, 0.3) is 0 Å². The molecule has 1 heterocycles. The molecule has 2 fully saturated rings. The second kappa shape index (κ2) is 5.46. The molecule has 1 aliphatic heterocycles. The van der Waals surface area contributed by atoms with Crippen molar-refractivity contribution in [3.05, 3.63) is 0 Å². The number of hydrogen-bond donors (Lipinski definition) is 0. The van der Waals surface area contributed by atoms with Gasteiger partial charge in [0, 0.05) is 11.7 Å². The minimum absolute atomic E-state index is 0.167. The summed E-state index contributed by atoms with van der Waals surface area (Å²) in [6.07, 6.45) is 0.448. The van der Waals surface area contributed by atoms with Crippen LogP contribution in [0.1, 0.15) is 32.1 Å². The van der Waals surface area contributed by atoms with Gasteiger partial charge in [0.05, 0.1) is 22.6 Å². The average molecular weight is 291 g/mol. The van der Waals surface area contributed by atoms with E-state index in [0.717, 1.165) is 0 Å². The van der Waals surface area contributed by atoms with E-state index in [-0.39, 0.29) is 19.4 Å². The highest BCUT2D eigenvalue weighted by molar-refractivity contribution is 7.86. The molecule has 1 unspecified atom stereocenters. The van der Waals surface area contributed by atoms with Gasteiger partial charge in [0.25, 0.3) is 0 Å². The van der Waals surface area contributed by atoms with Crippen molar-refractivity contribution in [3.8, 4) is 0 Å². The van der Waals surface area contributed by atoms with Crippen molar-refractivity contribution in [3.63, 3.8) is 0 Å². The molecule has 1 aliphatic carbocycles.